The third kappa shape index (κ3) is 279. The fourth-order valence-electron chi connectivity index (χ4n) is 0. The molecule has 0 amide bonds. The molecule has 0 fully saturated rings. The number of hydrogen-bond donors (Lipinski definition) is 2. The largest absolute Gasteiger partial charge is 2.00 e. The van der Waals surface area contributed by atoms with Crippen LogP contribution in [0.2, 0.25) is 0 Å². The van der Waals surface area contributed by atoms with Gasteiger partial charge in [0.25, 0.3) is 7.82 Å². The molecule has 12 heteroatoms. The van der Waals surface area contributed by atoms with E-state index in [4.69, 9.17) is 38.5 Å². The van der Waals surface area contributed by atoms with E-state index in [1.807, 2.05) is 0 Å². The minimum Gasteiger partial charge on any atom is -0.822 e. The van der Waals surface area contributed by atoms with Gasteiger partial charge in [0.05, 0.1) is 0 Å². The van der Waals surface area contributed by atoms with E-state index >= 15 is 0 Å². The zero-order chi connectivity index (χ0) is 9.00. The molecule has 0 bridgehead atoms. The van der Waals surface area contributed by atoms with Crippen LogP contribution >= 0.6 is 15.6 Å². The molecule has 0 radical (unpaired) electrons. The van der Waals surface area contributed by atoms with Crippen molar-refractivity contribution in [1.82, 2.24) is 0 Å². The summed E-state index contributed by atoms with van der Waals surface area (Å²) in [7, 11) is -10.3. The monoisotopic (exact) mass is 346 g/mol. The van der Waals surface area contributed by atoms with Gasteiger partial charge in [-0.15, -0.1) is 0 Å². The van der Waals surface area contributed by atoms with E-state index in [-0.39, 0.29) is 65.0 Å². The van der Waals surface area contributed by atoms with E-state index in [1.165, 1.54) is 0 Å². The van der Waals surface area contributed by atoms with Crippen molar-refractivity contribution < 1.29 is 65.8 Å². The Bertz CT molecular complexity index is 129. The normalized spacial score (nSPS) is 9.83. The van der Waals surface area contributed by atoms with Crippen LogP contribution in [0.3, 0.4) is 0 Å². The summed E-state index contributed by atoms with van der Waals surface area (Å²) in [5, 5.41) is 0. The Hall–Kier alpha value is 2.40. The Morgan fingerprint density at radius 3 is 0.917 bits per heavy atom. The first-order valence-electron chi connectivity index (χ1n) is 1.50. The minimum atomic E-state index is -5.39. The third-order valence-electron chi connectivity index (χ3n) is 0. The molecule has 0 spiro atoms. The summed E-state index contributed by atoms with van der Waals surface area (Å²) in [6.45, 7) is 0. The Morgan fingerprint density at radius 1 is 0.917 bits per heavy atom. The molecule has 0 rings (SSSR count). The van der Waals surface area contributed by atoms with Crippen LogP contribution in [0, 0.1) is 0 Å². The summed E-state index contributed by atoms with van der Waals surface area (Å²) in [6, 6.07) is 0. The fraction of sp³-hybridized carbons (Fsp3) is 0. The van der Waals surface area contributed by atoms with Gasteiger partial charge in [-0.05, 0) is 0 Å². The molecule has 0 unspecified atom stereocenters. The molecule has 12 heavy (non-hydrogen) atoms. The van der Waals surface area contributed by atoms with Crippen LogP contribution in [0.5, 0.6) is 0 Å². The first-order valence-corrected chi connectivity index (χ1v) is 4.49. The predicted octanol–water partition coefficient (Wildman–Crippen LogP) is -4.77. The van der Waals surface area contributed by atoms with Crippen molar-refractivity contribution >= 4 is 53.4 Å². The molecule has 0 aliphatic heterocycles. The molecule has 0 aromatic heterocycles. The summed E-state index contributed by atoms with van der Waals surface area (Å²) in [5.74, 6) is 0. The van der Waals surface area contributed by atoms with Gasteiger partial charge in [-0.3, -0.25) is 4.57 Å². The van der Waals surface area contributed by atoms with Crippen molar-refractivity contribution in [2.75, 3.05) is 0 Å². The van der Waals surface area contributed by atoms with E-state index in [0.717, 1.165) is 0 Å². The molecular weight excluding hydrogens is 342 g/mol. The van der Waals surface area contributed by atoms with Crippen LogP contribution < -0.4 is 19.6 Å². The fourth-order valence-corrected chi connectivity index (χ4v) is 0. The first kappa shape index (κ1) is 23.9. The molecule has 0 aliphatic rings. The first-order chi connectivity index (χ1) is 4.00. The van der Waals surface area contributed by atoms with Crippen LogP contribution in [0.1, 0.15) is 0 Å². The molecule has 0 saturated heterocycles. The van der Waals surface area contributed by atoms with Gasteiger partial charge in [0.15, 0.2) is 0 Å². The Morgan fingerprint density at radius 2 is 0.917 bits per heavy atom. The second-order valence-electron chi connectivity index (χ2n) is 0.938. The maximum Gasteiger partial charge on any atom is 2.00 e. The van der Waals surface area contributed by atoms with Gasteiger partial charge in [0.2, 0.25) is 0 Å². The van der Waals surface area contributed by atoms with Gasteiger partial charge in [0, 0.05) is 0 Å². The van der Waals surface area contributed by atoms with Gasteiger partial charge in [-0.2, -0.15) is 7.82 Å². The summed E-state index contributed by atoms with van der Waals surface area (Å²) >= 11 is 0. The van der Waals surface area contributed by atoms with E-state index < -0.39 is 15.6 Å². The summed E-state index contributed by atoms with van der Waals surface area (Å²) in [4.78, 5) is 48.6. The van der Waals surface area contributed by atoms with E-state index in [1.54, 1.807) is 0 Å². The zero-order valence-corrected chi connectivity index (χ0v) is 13.7. The van der Waals surface area contributed by atoms with E-state index in [2.05, 4.69) is 0 Å². The Balaban J connectivity index is -0.0000000457. The molecule has 64 valence electrons. The van der Waals surface area contributed by atoms with E-state index in [0.29, 0.717) is 0 Å². The zero-order valence-electron chi connectivity index (χ0n) is 5.65. The van der Waals surface area contributed by atoms with Gasteiger partial charge in [0.1, 0.15) is 0 Å². The van der Waals surface area contributed by atoms with Crippen LogP contribution in [0.15, 0.2) is 0 Å². The average molecular weight is 344 g/mol. The number of phosphoric acid groups is 2. The van der Waals surface area contributed by atoms with Crippen molar-refractivity contribution in [1.29, 1.82) is 0 Å². The van der Waals surface area contributed by atoms with E-state index in [9.17, 15) is 0 Å². The molecule has 0 aromatic carbocycles. The van der Waals surface area contributed by atoms with Crippen molar-refractivity contribution in [3.8, 4) is 0 Å². The van der Waals surface area contributed by atoms with Gasteiger partial charge in [-0.1, -0.05) is 0 Å². The molecule has 8 nitrogen and oxygen atoms in total. The second kappa shape index (κ2) is 9.94. The third-order valence-corrected chi connectivity index (χ3v) is 0. The van der Waals surface area contributed by atoms with Gasteiger partial charge < -0.3 is 33.9 Å². The topological polar surface area (TPSA) is 167 Å². The quantitative estimate of drug-likeness (QED) is 0.326. The summed E-state index contributed by atoms with van der Waals surface area (Å²) in [6.07, 6.45) is 0. The van der Waals surface area contributed by atoms with Crippen molar-refractivity contribution in [2.24, 2.45) is 0 Å². The molecule has 0 atom stereocenters. The smallest absolute Gasteiger partial charge is 0.822 e. The predicted molar refractivity (Wildman–Crippen MR) is 25.4 cm³/mol. The van der Waals surface area contributed by atoms with Crippen molar-refractivity contribution in [2.45, 2.75) is 0 Å². The maximum absolute atomic E-state index is 8.77. The van der Waals surface area contributed by atoms with Crippen LogP contribution in [-0.2, 0) is 36.4 Å². The maximum atomic E-state index is 8.77. The van der Waals surface area contributed by atoms with Gasteiger partial charge >= 0.3 is 65.0 Å². The molecule has 0 saturated carbocycles. The molecule has 2 N–H and O–H groups in total. The SMILES string of the molecule is O=P([O-])(O)O.O=P([O-])([O-])[O-].[Ca+2].[Cd+2]. The summed E-state index contributed by atoms with van der Waals surface area (Å²) < 4.78 is 17.3. The van der Waals surface area contributed by atoms with Crippen LogP contribution in [0.25, 0.3) is 0 Å². The van der Waals surface area contributed by atoms with Crippen molar-refractivity contribution in [3.05, 3.63) is 0 Å². The molecule has 0 heterocycles. The van der Waals surface area contributed by atoms with Gasteiger partial charge in [-0.25, -0.2) is 0 Å². The second-order valence-corrected chi connectivity index (χ2v) is 2.81. The molecule has 0 aromatic rings. The van der Waals surface area contributed by atoms with Crippen molar-refractivity contribution in [3.63, 3.8) is 0 Å². The minimum absolute atomic E-state index is 0. The summed E-state index contributed by atoms with van der Waals surface area (Å²) in [5.41, 5.74) is 0. The molecular formula is H2CaCdO8P2. The number of rotatable bonds is 0. The van der Waals surface area contributed by atoms with Crippen LogP contribution in [-0.4, -0.2) is 47.5 Å². The Labute approximate surface area is 118 Å². The standard InChI is InChI=1S/Ca.Cd.2H3O4P/c;;2*1-5(2,3)4/h;;2*(H3,1,2,3,4)/q2*+2;;/p-4. The Kier molecular flexibility index (Phi) is 19.8. The van der Waals surface area contributed by atoms with Crippen LogP contribution in [0.4, 0.5) is 0 Å². The number of hydrogen-bond acceptors (Lipinski definition) is 6. The molecule has 0 aliphatic carbocycles. The average Bonchev–Trinajstić information content (AvgIpc) is 1.12.